The number of benzene rings is 2. The summed E-state index contributed by atoms with van der Waals surface area (Å²) in [7, 11) is 0. The number of ether oxygens (including phenoxy) is 2. The fourth-order valence-electron chi connectivity index (χ4n) is 3.05. The average molecular weight is 351 g/mol. The van der Waals surface area contributed by atoms with E-state index in [0.717, 1.165) is 16.8 Å². The minimum Gasteiger partial charge on any atom is -0.493 e. The molecule has 132 valence electrons. The lowest BCUT2D eigenvalue weighted by atomic mass is 10.0. The molecular formula is C19H17N3O4. The lowest BCUT2D eigenvalue weighted by Crippen LogP contribution is -2.35. The maximum absolute atomic E-state index is 12.2. The van der Waals surface area contributed by atoms with E-state index in [1.165, 1.54) is 0 Å². The Kier molecular flexibility index (Phi) is 4.27. The van der Waals surface area contributed by atoms with E-state index >= 15 is 0 Å². The van der Waals surface area contributed by atoms with Gasteiger partial charge in [0.2, 0.25) is 0 Å². The minimum absolute atomic E-state index is 0.155. The molecular weight excluding hydrogens is 334 g/mol. The van der Waals surface area contributed by atoms with E-state index in [4.69, 9.17) is 9.47 Å². The van der Waals surface area contributed by atoms with Crippen LogP contribution >= 0.6 is 0 Å². The average Bonchev–Trinajstić information content (AvgIpc) is 3.11. The number of rotatable bonds is 4. The predicted molar refractivity (Wildman–Crippen MR) is 93.8 cm³/mol. The first-order chi connectivity index (χ1) is 12.7. The Morgan fingerprint density at radius 3 is 2.92 bits per heavy atom. The topological polar surface area (TPSA) is 93.3 Å². The summed E-state index contributed by atoms with van der Waals surface area (Å²) in [6, 6.07) is 14.7. The summed E-state index contributed by atoms with van der Waals surface area (Å²) in [5, 5.41) is 10.3. The molecule has 2 aromatic carbocycles. The molecule has 1 unspecified atom stereocenters. The van der Waals surface area contributed by atoms with Gasteiger partial charge in [0.25, 0.3) is 5.91 Å². The van der Waals surface area contributed by atoms with E-state index in [9.17, 15) is 9.59 Å². The normalized spacial score (nSPS) is 15.8. The first kappa shape index (κ1) is 16.1. The summed E-state index contributed by atoms with van der Waals surface area (Å²) in [6.45, 7) is 0.167. The number of para-hydroxylation sites is 2. The van der Waals surface area contributed by atoms with Gasteiger partial charge in [-0.15, -0.1) is 0 Å². The monoisotopic (exact) mass is 351 g/mol. The van der Waals surface area contributed by atoms with Gasteiger partial charge >= 0.3 is 5.97 Å². The van der Waals surface area contributed by atoms with Gasteiger partial charge in [-0.3, -0.25) is 9.89 Å². The quantitative estimate of drug-likeness (QED) is 0.704. The number of hydrogen-bond donors (Lipinski definition) is 2. The Hall–Kier alpha value is -3.35. The van der Waals surface area contributed by atoms with Crippen LogP contribution in [0.15, 0.2) is 48.5 Å². The molecule has 7 heteroatoms. The number of aromatic nitrogens is 2. The molecule has 26 heavy (non-hydrogen) atoms. The summed E-state index contributed by atoms with van der Waals surface area (Å²) in [5.41, 5.74) is 1.84. The summed E-state index contributed by atoms with van der Waals surface area (Å²) in [6.07, 6.45) is 0.667. The van der Waals surface area contributed by atoms with Gasteiger partial charge in [0.05, 0.1) is 18.2 Å². The molecule has 0 spiro atoms. The molecule has 1 amide bonds. The van der Waals surface area contributed by atoms with Crippen molar-refractivity contribution in [2.24, 2.45) is 0 Å². The summed E-state index contributed by atoms with van der Waals surface area (Å²) >= 11 is 0. The second-order valence-corrected chi connectivity index (χ2v) is 5.99. The molecule has 0 aliphatic carbocycles. The van der Waals surface area contributed by atoms with Crippen LogP contribution in [0.1, 0.15) is 28.5 Å². The molecule has 0 radical (unpaired) electrons. The highest BCUT2D eigenvalue weighted by Crippen LogP contribution is 2.31. The zero-order valence-corrected chi connectivity index (χ0v) is 13.9. The molecule has 0 bridgehead atoms. The van der Waals surface area contributed by atoms with E-state index < -0.39 is 5.97 Å². The number of fused-ring (bicyclic) bond motifs is 2. The number of carbonyl (C=O) groups is 2. The number of aromatic amines is 1. The fraction of sp³-hybridized carbons (Fsp3) is 0.211. The molecule has 3 aromatic rings. The Balaban J connectivity index is 1.38. The Morgan fingerprint density at radius 1 is 1.19 bits per heavy atom. The van der Waals surface area contributed by atoms with E-state index in [1.807, 2.05) is 42.5 Å². The van der Waals surface area contributed by atoms with E-state index in [1.54, 1.807) is 6.07 Å². The highest BCUT2D eigenvalue weighted by Gasteiger charge is 2.23. The van der Waals surface area contributed by atoms with Gasteiger partial charge in [0.1, 0.15) is 5.75 Å². The number of nitrogens with one attached hydrogen (secondary N) is 2. The van der Waals surface area contributed by atoms with Crippen molar-refractivity contribution in [1.82, 2.24) is 15.5 Å². The Morgan fingerprint density at radius 2 is 2.00 bits per heavy atom. The lowest BCUT2D eigenvalue weighted by Gasteiger charge is -2.26. The van der Waals surface area contributed by atoms with Gasteiger partial charge in [-0.05, 0) is 12.1 Å². The van der Waals surface area contributed by atoms with Crippen LogP contribution in [-0.2, 0) is 9.53 Å². The first-order valence-corrected chi connectivity index (χ1v) is 8.33. The van der Waals surface area contributed by atoms with Crippen molar-refractivity contribution in [1.29, 1.82) is 0 Å². The molecule has 7 nitrogen and oxygen atoms in total. The smallest absolute Gasteiger partial charge is 0.359 e. The molecule has 0 fully saturated rings. The molecule has 0 saturated carbocycles. The van der Waals surface area contributed by atoms with Gasteiger partial charge in [-0.1, -0.05) is 36.4 Å². The van der Waals surface area contributed by atoms with Gasteiger partial charge in [0, 0.05) is 17.4 Å². The van der Waals surface area contributed by atoms with Crippen molar-refractivity contribution >= 4 is 22.8 Å². The Labute approximate surface area is 149 Å². The number of amides is 1. The minimum atomic E-state index is -0.634. The second kappa shape index (κ2) is 6.87. The third-order valence-corrected chi connectivity index (χ3v) is 4.29. The first-order valence-electron chi connectivity index (χ1n) is 8.33. The second-order valence-electron chi connectivity index (χ2n) is 5.99. The summed E-state index contributed by atoms with van der Waals surface area (Å²) in [5.74, 6) is -0.228. The van der Waals surface area contributed by atoms with E-state index in [-0.39, 0.29) is 24.2 Å². The van der Waals surface area contributed by atoms with E-state index in [0.29, 0.717) is 18.4 Å². The van der Waals surface area contributed by atoms with Crippen LogP contribution in [0.4, 0.5) is 0 Å². The maximum Gasteiger partial charge on any atom is 0.359 e. The Bertz CT molecular complexity index is 966. The molecule has 1 aliphatic heterocycles. The van der Waals surface area contributed by atoms with Crippen molar-refractivity contribution in [2.75, 3.05) is 13.2 Å². The van der Waals surface area contributed by atoms with Gasteiger partial charge in [-0.25, -0.2) is 4.79 Å². The van der Waals surface area contributed by atoms with Crippen LogP contribution in [0.3, 0.4) is 0 Å². The molecule has 1 aliphatic rings. The zero-order valence-electron chi connectivity index (χ0n) is 13.9. The molecule has 1 aromatic heterocycles. The van der Waals surface area contributed by atoms with Gasteiger partial charge in [0.15, 0.2) is 12.3 Å². The highest BCUT2D eigenvalue weighted by atomic mass is 16.5. The third-order valence-electron chi connectivity index (χ3n) is 4.29. The number of H-pyrrole nitrogens is 1. The van der Waals surface area contributed by atoms with Crippen molar-refractivity contribution in [3.8, 4) is 5.75 Å². The fourth-order valence-corrected chi connectivity index (χ4v) is 3.05. The lowest BCUT2D eigenvalue weighted by molar-refractivity contribution is -0.125. The van der Waals surface area contributed by atoms with E-state index in [2.05, 4.69) is 15.5 Å². The van der Waals surface area contributed by atoms with Crippen LogP contribution in [0, 0.1) is 0 Å². The highest BCUT2D eigenvalue weighted by molar-refractivity contribution is 6.02. The molecule has 2 heterocycles. The number of carbonyl (C=O) groups excluding carboxylic acids is 2. The molecule has 2 N–H and O–H groups in total. The van der Waals surface area contributed by atoms with Crippen LogP contribution in [0.25, 0.3) is 10.9 Å². The summed E-state index contributed by atoms with van der Waals surface area (Å²) < 4.78 is 10.7. The summed E-state index contributed by atoms with van der Waals surface area (Å²) in [4.78, 5) is 24.4. The molecule has 0 saturated heterocycles. The third kappa shape index (κ3) is 3.11. The largest absolute Gasteiger partial charge is 0.493 e. The molecule has 4 rings (SSSR count). The van der Waals surface area contributed by atoms with Crippen LogP contribution in [0.2, 0.25) is 0 Å². The zero-order chi connectivity index (χ0) is 17.9. The van der Waals surface area contributed by atoms with Crippen molar-refractivity contribution in [3.63, 3.8) is 0 Å². The predicted octanol–water partition coefficient (Wildman–Crippen LogP) is 2.36. The SMILES string of the molecule is O=C(COC(=O)c1n[nH]c2ccccc12)NC1CCOc2ccccc21. The number of nitrogens with zero attached hydrogens (tertiary/aromatic N) is 1. The van der Waals surface area contributed by atoms with Crippen molar-refractivity contribution in [2.45, 2.75) is 12.5 Å². The standard InChI is InChI=1S/C19H17N3O4/c23-17(20-14-9-10-25-16-8-4-2-5-12(14)16)11-26-19(24)18-13-6-1-3-7-15(13)21-22-18/h1-8,14H,9-11H2,(H,20,23)(H,21,22). The van der Waals surface area contributed by atoms with Gasteiger partial charge < -0.3 is 14.8 Å². The van der Waals surface area contributed by atoms with Crippen LogP contribution in [-0.4, -0.2) is 35.3 Å². The van der Waals surface area contributed by atoms with Crippen LogP contribution < -0.4 is 10.1 Å². The molecule has 1 atom stereocenters. The number of esters is 1. The van der Waals surface area contributed by atoms with Crippen LogP contribution in [0.5, 0.6) is 5.75 Å². The van der Waals surface area contributed by atoms with Crippen molar-refractivity contribution < 1.29 is 19.1 Å². The van der Waals surface area contributed by atoms with Gasteiger partial charge in [-0.2, -0.15) is 5.10 Å². The maximum atomic E-state index is 12.2. The van der Waals surface area contributed by atoms with Crippen molar-refractivity contribution in [3.05, 3.63) is 59.8 Å². The number of hydrogen-bond acceptors (Lipinski definition) is 5.